The second kappa shape index (κ2) is 12.8. The Morgan fingerprint density at radius 1 is 1.12 bits per heavy atom. The van der Waals surface area contributed by atoms with Crippen molar-refractivity contribution < 1.29 is 14.7 Å². The lowest BCUT2D eigenvalue weighted by Crippen LogP contribution is -2.16. The Bertz CT molecular complexity index is 1050. The van der Waals surface area contributed by atoms with Crippen LogP contribution in [0, 0.1) is 0 Å². The van der Waals surface area contributed by atoms with E-state index in [2.05, 4.69) is 42.3 Å². The van der Waals surface area contributed by atoms with Gasteiger partial charge in [0.15, 0.2) is 5.88 Å². The lowest BCUT2D eigenvalue weighted by molar-refractivity contribution is -0.124. The molecule has 0 aliphatic carbocycles. The lowest BCUT2D eigenvalue weighted by atomic mass is 10.0. The minimum atomic E-state index is -0.540. The first-order valence-electron chi connectivity index (χ1n) is 11.8. The molecule has 0 saturated carbocycles. The molecule has 33 heavy (non-hydrogen) atoms. The number of carbonyl (C=O) groups excluding carboxylic acids is 1. The number of unbranched alkanes of at least 4 members (excludes halogenated alkanes) is 1. The topological polar surface area (TPSA) is 86.4 Å². The third-order valence-electron chi connectivity index (χ3n) is 5.69. The number of hydrogen-bond acceptors (Lipinski definition) is 4. The van der Waals surface area contributed by atoms with Crippen molar-refractivity contribution >= 4 is 22.9 Å². The quantitative estimate of drug-likeness (QED) is 0.166. The van der Waals surface area contributed by atoms with Gasteiger partial charge in [-0.25, -0.2) is 5.48 Å². The van der Waals surface area contributed by atoms with Gasteiger partial charge in [-0.15, -0.1) is 0 Å². The summed E-state index contributed by atoms with van der Waals surface area (Å²) in [7, 11) is 0. The van der Waals surface area contributed by atoms with E-state index in [1.807, 2.05) is 24.3 Å². The number of H-pyrrole nitrogens is 1. The Morgan fingerprint density at radius 2 is 1.88 bits per heavy atom. The van der Waals surface area contributed by atoms with Gasteiger partial charge in [0.05, 0.1) is 6.61 Å². The number of rotatable bonds is 8. The van der Waals surface area contributed by atoms with E-state index in [1.165, 1.54) is 41.0 Å². The van der Waals surface area contributed by atoms with E-state index in [0.29, 0.717) is 0 Å². The van der Waals surface area contributed by atoms with Gasteiger partial charge >= 0.3 is 0 Å². The molecule has 6 heteroatoms. The lowest BCUT2D eigenvalue weighted by Gasteiger charge is -2.12. The van der Waals surface area contributed by atoms with Crippen LogP contribution in [0.4, 0.5) is 0 Å². The Kier molecular flexibility index (Phi) is 9.54. The van der Waals surface area contributed by atoms with Crippen molar-refractivity contribution in [2.24, 2.45) is 0 Å². The Balaban J connectivity index is 0.000000709. The zero-order valence-corrected chi connectivity index (χ0v) is 19.6. The van der Waals surface area contributed by atoms with Crippen LogP contribution >= 0.6 is 0 Å². The number of ether oxygens (including phenoxy) is 1. The Morgan fingerprint density at radius 3 is 2.61 bits per heavy atom. The number of benzene rings is 2. The summed E-state index contributed by atoms with van der Waals surface area (Å²) in [4.78, 5) is 14.4. The molecule has 0 unspecified atom stereocenters. The summed E-state index contributed by atoms with van der Waals surface area (Å²) in [6, 6.07) is 14.6. The second-order valence-corrected chi connectivity index (χ2v) is 8.24. The van der Waals surface area contributed by atoms with Crippen molar-refractivity contribution in [3.63, 3.8) is 0 Å². The van der Waals surface area contributed by atoms with Crippen LogP contribution in [0.1, 0.15) is 55.4 Å². The number of aromatic nitrogens is 1. The molecule has 176 valence electrons. The first-order valence-corrected chi connectivity index (χ1v) is 11.8. The smallest absolute Gasteiger partial charge is 0.267 e. The molecule has 0 atom stereocenters. The van der Waals surface area contributed by atoms with Gasteiger partial charge in [0.1, 0.15) is 0 Å². The van der Waals surface area contributed by atoms with Crippen LogP contribution in [0.5, 0.6) is 5.88 Å². The van der Waals surface area contributed by atoms with Crippen molar-refractivity contribution in [1.29, 1.82) is 0 Å². The first-order chi connectivity index (χ1) is 16.1. The van der Waals surface area contributed by atoms with Crippen LogP contribution in [0.15, 0.2) is 48.5 Å². The van der Waals surface area contributed by atoms with Crippen LogP contribution in [0.3, 0.4) is 0 Å². The van der Waals surface area contributed by atoms with Gasteiger partial charge in [-0.1, -0.05) is 57.0 Å². The molecule has 6 nitrogen and oxygen atoms in total. The molecule has 3 aromatic rings. The van der Waals surface area contributed by atoms with Gasteiger partial charge in [0.2, 0.25) is 0 Å². The number of aryl methyl sites for hydroxylation is 1. The van der Waals surface area contributed by atoms with Crippen molar-refractivity contribution in [3.8, 4) is 5.88 Å². The molecule has 1 aliphatic rings. The largest absolute Gasteiger partial charge is 0.479 e. The third-order valence-corrected chi connectivity index (χ3v) is 5.69. The highest BCUT2D eigenvalue weighted by molar-refractivity contribution is 5.90. The molecule has 4 rings (SSSR count). The zero-order chi connectivity index (χ0) is 23.5. The fourth-order valence-electron chi connectivity index (χ4n) is 3.64. The maximum atomic E-state index is 11.0. The van der Waals surface area contributed by atoms with Gasteiger partial charge in [-0.05, 0) is 60.7 Å². The number of hydroxylamine groups is 1. The highest BCUT2D eigenvalue weighted by atomic mass is 16.5. The number of amides is 1. The predicted octanol–water partition coefficient (Wildman–Crippen LogP) is 5.15. The summed E-state index contributed by atoms with van der Waals surface area (Å²) in [5.74, 6) is 0.401. The number of carbonyl (C=O) groups is 1. The molecule has 0 fully saturated rings. The average molecular weight is 450 g/mol. The summed E-state index contributed by atoms with van der Waals surface area (Å²) in [5.41, 5.74) is 7.45. The standard InChI is InChI=1S/C23H25N3O3.C4H10/c27-22(26-28)10-8-16-3-5-18(6-4-16)15-24-12-11-17-7-9-21-20(14-17)19-2-1-13-29-23(19)25-21;1-3-4-2/h3-10,14,24-25,28H,1-2,11-13,15H2,(H,26,27);3-4H2,1-2H3/b10-8+;. The molecule has 2 heterocycles. The SMILES string of the molecule is CCCC.O=C(/C=C/c1ccc(CNCCc2ccc3[nH]c4c(c3c2)CCCO4)cc1)NO. The van der Waals surface area contributed by atoms with Crippen molar-refractivity contribution in [1.82, 2.24) is 15.8 Å². The summed E-state index contributed by atoms with van der Waals surface area (Å²) in [5, 5.41) is 13.3. The molecule has 0 spiro atoms. The van der Waals surface area contributed by atoms with Gasteiger partial charge in [-0.2, -0.15) is 0 Å². The maximum Gasteiger partial charge on any atom is 0.267 e. The number of aromatic amines is 1. The fourth-order valence-corrected chi connectivity index (χ4v) is 3.64. The van der Waals surface area contributed by atoms with E-state index in [1.54, 1.807) is 11.6 Å². The van der Waals surface area contributed by atoms with Crippen LogP contribution in [0.25, 0.3) is 17.0 Å². The van der Waals surface area contributed by atoms with E-state index in [9.17, 15) is 4.79 Å². The van der Waals surface area contributed by atoms with E-state index in [-0.39, 0.29) is 0 Å². The van der Waals surface area contributed by atoms with Crippen LogP contribution in [-0.2, 0) is 24.2 Å². The Labute approximate surface area is 196 Å². The van der Waals surface area contributed by atoms with Gasteiger partial charge < -0.3 is 15.0 Å². The summed E-state index contributed by atoms with van der Waals surface area (Å²) >= 11 is 0. The molecule has 0 bridgehead atoms. The summed E-state index contributed by atoms with van der Waals surface area (Å²) in [6.07, 6.45) is 8.71. The minimum absolute atomic E-state index is 0.540. The van der Waals surface area contributed by atoms with Gasteiger partial charge in [0, 0.05) is 29.1 Å². The first kappa shape index (κ1) is 24.6. The monoisotopic (exact) mass is 449 g/mol. The molecule has 4 N–H and O–H groups in total. The van der Waals surface area contributed by atoms with Crippen molar-refractivity contribution in [2.45, 2.75) is 52.5 Å². The molecule has 1 aromatic heterocycles. The number of hydrogen-bond donors (Lipinski definition) is 4. The molecule has 1 aliphatic heterocycles. The summed E-state index contributed by atoms with van der Waals surface area (Å²) in [6.45, 7) is 6.84. The van der Waals surface area contributed by atoms with E-state index in [0.717, 1.165) is 55.9 Å². The predicted molar refractivity (Wildman–Crippen MR) is 134 cm³/mol. The van der Waals surface area contributed by atoms with Gasteiger partial charge in [-0.3, -0.25) is 10.0 Å². The van der Waals surface area contributed by atoms with Crippen LogP contribution < -0.4 is 15.5 Å². The number of fused-ring (bicyclic) bond motifs is 3. The van der Waals surface area contributed by atoms with Crippen LogP contribution in [-0.4, -0.2) is 29.3 Å². The molecule has 2 aromatic carbocycles. The fraction of sp³-hybridized carbons (Fsp3) is 0.370. The van der Waals surface area contributed by atoms with Crippen molar-refractivity contribution in [2.75, 3.05) is 13.2 Å². The zero-order valence-electron chi connectivity index (χ0n) is 19.6. The normalized spacial score (nSPS) is 12.7. The third kappa shape index (κ3) is 7.20. The maximum absolute atomic E-state index is 11.0. The van der Waals surface area contributed by atoms with E-state index in [4.69, 9.17) is 9.94 Å². The van der Waals surface area contributed by atoms with Gasteiger partial charge in [0.25, 0.3) is 5.91 Å². The molecule has 0 saturated heterocycles. The highest BCUT2D eigenvalue weighted by Gasteiger charge is 2.16. The number of nitrogens with one attached hydrogen (secondary N) is 3. The minimum Gasteiger partial charge on any atom is -0.479 e. The highest BCUT2D eigenvalue weighted by Crippen LogP contribution is 2.32. The second-order valence-electron chi connectivity index (χ2n) is 8.24. The molecule has 0 radical (unpaired) electrons. The average Bonchev–Trinajstić information content (AvgIpc) is 3.24. The summed E-state index contributed by atoms with van der Waals surface area (Å²) < 4.78 is 5.73. The molecular weight excluding hydrogens is 414 g/mol. The Hall–Kier alpha value is -3.09. The van der Waals surface area contributed by atoms with E-state index >= 15 is 0 Å². The molecule has 1 amide bonds. The van der Waals surface area contributed by atoms with Crippen molar-refractivity contribution in [3.05, 3.63) is 70.8 Å². The van der Waals surface area contributed by atoms with Crippen LogP contribution in [0.2, 0.25) is 0 Å². The molecular formula is C27H35N3O3. The van der Waals surface area contributed by atoms with E-state index < -0.39 is 5.91 Å².